The molecule has 1 heterocycles. The molecule has 6 nitrogen and oxygen atoms in total. The molecule has 0 aromatic heterocycles. The number of piperidine rings is 1. The summed E-state index contributed by atoms with van der Waals surface area (Å²) in [5.41, 5.74) is 2.41. The van der Waals surface area contributed by atoms with Crippen molar-refractivity contribution in [1.29, 1.82) is 5.26 Å². The predicted molar refractivity (Wildman–Crippen MR) is 119 cm³/mol. The third-order valence-electron chi connectivity index (χ3n) is 5.61. The van der Waals surface area contributed by atoms with E-state index in [9.17, 15) is 14.6 Å². The van der Waals surface area contributed by atoms with Gasteiger partial charge in [-0.05, 0) is 72.4 Å². The average molecular weight is 430 g/mol. The van der Waals surface area contributed by atoms with Crippen molar-refractivity contribution in [3.8, 4) is 6.07 Å². The molecule has 0 unspecified atom stereocenters. The van der Waals surface area contributed by atoms with Gasteiger partial charge in [0.1, 0.15) is 27.4 Å². The number of nitrogens with zero attached hydrogens (tertiary/aromatic N) is 3. The first-order chi connectivity index (χ1) is 13.9. The van der Waals surface area contributed by atoms with Crippen molar-refractivity contribution in [3.05, 3.63) is 34.9 Å². The molecule has 1 spiro atoms. The first-order valence-corrected chi connectivity index (χ1v) is 11.5. The Morgan fingerprint density at radius 1 is 1.23 bits per heavy atom. The van der Waals surface area contributed by atoms with Crippen LogP contribution in [0, 0.1) is 16.7 Å². The van der Waals surface area contributed by atoms with Crippen LogP contribution in [0.2, 0.25) is 0 Å². The van der Waals surface area contributed by atoms with E-state index < -0.39 is 21.7 Å². The number of likely N-dealkylation sites (tertiary alicyclic amines) is 1. The topological polar surface area (TPSA) is 88.8 Å². The first-order valence-electron chi connectivity index (χ1n) is 10.4. The smallest absolute Gasteiger partial charge is 0.410 e. The molecular weight excluding hydrogens is 398 g/mol. The zero-order valence-corrected chi connectivity index (χ0v) is 19.6. The molecule has 7 heteroatoms. The number of nitriles is 1. The second kappa shape index (κ2) is 7.90. The van der Waals surface area contributed by atoms with Crippen LogP contribution in [0.1, 0.15) is 71.1 Å². The van der Waals surface area contributed by atoms with Crippen molar-refractivity contribution >= 4 is 23.2 Å². The van der Waals surface area contributed by atoms with E-state index >= 15 is 0 Å². The van der Waals surface area contributed by atoms with E-state index in [1.165, 1.54) is 0 Å². The normalized spacial score (nSPS) is 20.7. The summed E-state index contributed by atoms with van der Waals surface area (Å²) in [4.78, 5) is 14.2. The fourth-order valence-corrected chi connectivity index (χ4v) is 4.78. The minimum Gasteiger partial charge on any atom is -0.591 e. The summed E-state index contributed by atoms with van der Waals surface area (Å²) in [5.74, 6) is 0. The molecule has 30 heavy (non-hydrogen) atoms. The number of benzene rings is 1. The zero-order valence-electron chi connectivity index (χ0n) is 18.7. The third-order valence-corrected chi connectivity index (χ3v) is 7.01. The quantitative estimate of drug-likeness (QED) is 0.620. The minimum absolute atomic E-state index is 0.303. The van der Waals surface area contributed by atoms with E-state index in [0.29, 0.717) is 31.5 Å². The van der Waals surface area contributed by atoms with Crippen molar-refractivity contribution < 1.29 is 14.1 Å². The van der Waals surface area contributed by atoms with Gasteiger partial charge in [0.15, 0.2) is 0 Å². The van der Waals surface area contributed by atoms with Gasteiger partial charge in [-0.25, -0.2) is 4.79 Å². The summed E-state index contributed by atoms with van der Waals surface area (Å²) < 4.78 is 22.7. The molecule has 0 bridgehead atoms. The first kappa shape index (κ1) is 22.6. The molecule has 162 valence electrons. The van der Waals surface area contributed by atoms with E-state index in [1.807, 2.05) is 53.7 Å². The molecule has 2 aliphatic rings. The molecule has 1 fully saturated rings. The maximum Gasteiger partial charge on any atom is 0.410 e. The number of hydrogen-bond acceptors (Lipinski definition) is 5. The zero-order chi connectivity index (χ0) is 22.3. The highest BCUT2D eigenvalue weighted by Crippen LogP contribution is 2.47. The highest BCUT2D eigenvalue weighted by molar-refractivity contribution is 7.91. The van der Waals surface area contributed by atoms with Gasteiger partial charge in [0.2, 0.25) is 0 Å². The van der Waals surface area contributed by atoms with Gasteiger partial charge in [0.05, 0.1) is 11.6 Å². The van der Waals surface area contributed by atoms with E-state index in [4.69, 9.17) is 9.13 Å². The van der Waals surface area contributed by atoms with Crippen molar-refractivity contribution in [1.82, 2.24) is 4.90 Å². The van der Waals surface area contributed by atoms with Crippen LogP contribution in [0.15, 0.2) is 22.6 Å². The number of fused-ring (bicyclic) bond motifs is 1. The fourth-order valence-electron chi connectivity index (χ4n) is 4.05. The van der Waals surface area contributed by atoms with Gasteiger partial charge in [-0.2, -0.15) is 5.26 Å². The maximum atomic E-state index is 12.9. The number of ether oxygens (including phenoxy) is 1. The van der Waals surface area contributed by atoms with Gasteiger partial charge < -0.3 is 14.2 Å². The molecule has 1 saturated heterocycles. The Hall–Kier alpha value is -2.04. The molecule has 1 aromatic carbocycles. The summed E-state index contributed by atoms with van der Waals surface area (Å²) in [6.45, 7) is 12.4. The van der Waals surface area contributed by atoms with Crippen LogP contribution in [0.5, 0.6) is 0 Å². The number of hydrogen-bond donors (Lipinski definition) is 0. The molecule has 1 atom stereocenters. The van der Waals surface area contributed by atoms with Crippen LogP contribution >= 0.6 is 0 Å². The number of carbonyl (C=O) groups is 1. The van der Waals surface area contributed by atoms with Gasteiger partial charge in [-0.1, -0.05) is 16.5 Å². The second-order valence-electron chi connectivity index (χ2n) is 10.2. The number of carbonyl (C=O) groups excluding carboxylic acids is 1. The molecule has 0 saturated carbocycles. The van der Waals surface area contributed by atoms with E-state index in [0.717, 1.165) is 23.3 Å². The molecule has 3 rings (SSSR count). The van der Waals surface area contributed by atoms with Crippen LogP contribution in [0.25, 0.3) is 0 Å². The van der Waals surface area contributed by atoms with E-state index in [-0.39, 0.29) is 11.5 Å². The molecule has 1 aliphatic carbocycles. The van der Waals surface area contributed by atoms with Gasteiger partial charge in [0.25, 0.3) is 0 Å². The monoisotopic (exact) mass is 429 g/mol. The van der Waals surface area contributed by atoms with Crippen molar-refractivity contribution in [3.63, 3.8) is 0 Å². The lowest BCUT2D eigenvalue weighted by atomic mass is 9.74. The second-order valence-corrected chi connectivity index (χ2v) is 12.1. The van der Waals surface area contributed by atoms with Gasteiger partial charge in [0, 0.05) is 24.1 Å². The lowest BCUT2D eigenvalue weighted by Crippen LogP contribution is -2.47. The van der Waals surface area contributed by atoms with Gasteiger partial charge in [-0.15, -0.1) is 0 Å². The van der Waals surface area contributed by atoms with Crippen LogP contribution in [0.4, 0.5) is 4.79 Å². The van der Waals surface area contributed by atoms with Crippen molar-refractivity contribution in [2.45, 2.75) is 71.2 Å². The van der Waals surface area contributed by atoms with E-state index in [2.05, 4.69) is 6.07 Å². The summed E-state index contributed by atoms with van der Waals surface area (Å²) in [6, 6.07) is 8.00. The molecule has 1 amide bonds. The summed E-state index contributed by atoms with van der Waals surface area (Å²) in [7, 11) is 0. The summed E-state index contributed by atoms with van der Waals surface area (Å²) in [5, 5.41) is 9.67. The minimum atomic E-state index is -1.43. The lowest BCUT2D eigenvalue weighted by molar-refractivity contribution is 0.0159. The standard InChI is InChI=1S/C23H31N3O3S/c1-21(2,3)29-20(27)26-12-10-23(11-13-26)14-16-8-7-9-17(15-24)18(16)19(23)25-30(28)22(4,5)6/h7-9H,10-14H2,1-6H3/b25-19-/t30-/m1/s1. The lowest BCUT2D eigenvalue weighted by Gasteiger charge is -2.39. The Bertz CT molecular complexity index is 898. The molecule has 1 aromatic rings. The van der Waals surface area contributed by atoms with Crippen LogP contribution in [0.3, 0.4) is 0 Å². The molecule has 0 radical (unpaired) electrons. The SMILES string of the molecule is CC(C)(C)OC(=O)N1CCC2(CC1)Cc1cccc(C#N)c1/C2=N/[S@+]([O-])C(C)(C)C. The average Bonchev–Trinajstić information content (AvgIpc) is 2.93. The number of rotatable bonds is 1. The van der Waals surface area contributed by atoms with Crippen molar-refractivity contribution in [2.75, 3.05) is 13.1 Å². The summed E-state index contributed by atoms with van der Waals surface area (Å²) >= 11 is -1.43. The van der Waals surface area contributed by atoms with Crippen LogP contribution in [-0.4, -0.2) is 44.7 Å². The van der Waals surface area contributed by atoms with Crippen molar-refractivity contribution in [2.24, 2.45) is 9.81 Å². The highest BCUT2D eigenvalue weighted by Gasteiger charge is 2.49. The van der Waals surface area contributed by atoms with Gasteiger partial charge >= 0.3 is 6.09 Å². The summed E-state index contributed by atoms with van der Waals surface area (Å²) in [6.07, 6.45) is 1.85. The fraction of sp³-hybridized carbons (Fsp3) is 0.609. The van der Waals surface area contributed by atoms with E-state index in [1.54, 1.807) is 11.0 Å². The largest absolute Gasteiger partial charge is 0.591 e. The Labute approximate surface area is 182 Å². The highest BCUT2D eigenvalue weighted by atomic mass is 32.2. The molecule has 0 N–H and O–H groups in total. The third kappa shape index (κ3) is 4.50. The maximum absolute atomic E-state index is 12.9. The molecule has 1 aliphatic heterocycles. The Balaban J connectivity index is 1.94. The predicted octanol–water partition coefficient (Wildman–Crippen LogP) is 4.38. The Kier molecular flexibility index (Phi) is 5.96. The Morgan fingerprint density at radius 3 is 2.40 bits per heavy atom. The Morgan fingerprint density at radius 2 is 1.87 bits per heavy atom. The van der Waals surface area contributed by atoms with Crippen LogP contribution in [-0.2, 0) is 22.5 Å². The van der Waals surface area contributed by atoms with Gasteiger partial charge in [-0.3, -0.25) is 0 Å². The number of amides is 1. The van der Waals surface area contributed by atoms with Crippen LogP contribution < -0.4 is 0 Å². The molecular formula is C23H31N3O3S.